The van der Waals surface area contributed by atoms with E-state index >= 15 is 0 Å². The largest absolute Gasteiger partial charge is 0.478 e. The summed E-state index contributed by atoms with van der Waals surface area (Å²) in [5.41, 5.74) is 4.65. The van der Waals surface area contributed by atoms with E-state index in [1.165, 1.54) is 18.6 Å². The zero-order chi connectivity index (χ0) is 25.9. The molecule has 196 valence electrons. The third-order valence-electron chi connectivity index (χ3n) is 11.2. The highest BCUT2D eigenvalue weighted by Gasteiger charge is 2.61. The monoisotopic (exact) mass is 486 g/mol. The molecule has 0 saturated heterocycles. The smallest absolute Gasteiger partial charge is 0.331 e. The van der Waals surface area contributed by atoms with Crippen LogP contribution in [0.15, 0.2) is 34.4 Å². The molecule has 35 heavy (non-hydrogen) atoms. The van der Waals surface area contributed by atoms with Crippen molar-refractivity contribution in [2.45, 2.75) is 111 Å². The van der Waals surface area contributed by atoms with Crippen LogP contribution >= 0.6 is 0 Å². The van der Waals surface area contributed by atoms with Crippen molar-refractivity contribution in [1.82, 2.24) is 0 Å². The second-order valence-corrected chi connectivity index (χ2v) is 13.1. The van der Waals surface area contributed by atoms with Crippen molar-refractivity contribution in [3.63, 3.8) is 0 Å². The maximum atomic E-state index is 11.2. The molecule has 0 bridgehead atoms. The van der Waals surface area contributed by atoms with Gasteiger partial charge in [0.2, 0.25) is 0 Å². The lowest BCUT2D eigenvalue weighted by atomic mass is 9.50. The van der Waals surface area contributed by atoms with E-state index in [9.17, 15) is 20.1 Å². The topological polar surface area (TPSA) is 98.0 Å². The van der Waals surface area contributed by atoms with Crippen molar-refractivity contribution in [1.29, 1.82) is 0 Å². The lowest BCUT2D eigenvalue weighted by Crippen LogP contribution is -2.48. The summed E-state index contributed by atoms with van der Waals surface area (Å²) in [6.07, 6.45) is 9.47. The Labute approximate surface area is 211 Å². The van der Waals surface area contributed by atoms with Crippen molar-refractivity contribution >= 4 is 5.97 Å². The molecule has 4 aliphatic carbocycles. The number of aliphatic carboxylic acids is 1. The first kappa shape index (κ1) is 26.6. The number of aliphatic hydroxyl groups is 3. The molecule has 1 fully saturated rings. The summed E-state index contributed by atoms with van der Waals surface area (Å²) in [7, 11) is 0. The van der Waals surface area contributed by atoms with Crippen molar-refractivity contribution in [2.24, 2.45) is 34.0 Å². The summed E-state index contributed by atoms with van der Waals surface area (Å²) >= 11 is 0. The van der Waals surface area contributed by atoms with Gasteiger partial charge < -0.3 is 20.4 Å². The molecule has 5 heteroatoms. The number of fused-ring (bicyclic) bond motifs is 3. The molecule has 0 aromatic heterocycles. The average Bonchev–Trinajstić information content (AvgIpc) is 2.94. The standard InChI is InChI=1S/C30H46O5/c1-17(27(34)35)15-24(31)26(33)18(2)21-12-14-30(6)23-9-8-22-19(7-10-25(32)28(22,3)4)16-20(23)11-13-29(21,30)5/h11,15,18,21,23-26,31-33H,7-10,12-14,16H2,1-6H3,(H,34,35)/b17-15+/t18-,21+,23-,24?,25?,26?,29-,30+/m1/s1. The maximum absolute atomic E-state index is 11.2. The normalized spacial score (nSPS) is 39.5. The fraction of sp³-hybridized carbons (Fsp3) is 0.767. The Kier molecular flexibility index (Phi) is 6.96. The SMILES string of the molecule is C/C(=C\C(O)C(O)[C@H](C)[C@@H]1CC[C@@]2(C)[C@@H]3CCC4=C(CCC(O)C4(C)C)CC3=CC[C@]12C)C(=O)O. The van der Waals surface area contributed by atoms with E-state index in [1.54, 1.807) is 11.1 Å². The predicted octanol–water partition coefficient (Wildman–Crippen LogP) is 5.41. The first-order chi connectivity index (χ1) is 16.2. The van der Waals surface area contributed by atoms with Gasteiger partial charge in [0.25, 0.3) is 0 Å². The third-order valence-corrected chi connectivity index (χ3v) is 11.2. The molecular formula is C30H46O5. The Morgan fingerprint density at radius 3 is 2.43 bits per heavy atom. The number of hydrogen-bond donors (Lipinski definition) is 4. The molecule has 0 amide bonds. The summed E-state index contributed by atoms with van der Waals surface area (Å²) in [6.45, 7) is 12.7. The zero-order valence-corrected chi connectivity index (χ0v) is 22.5. The van der Waals surface area contributed by atoms with E-state index in [1.807, 2.05) is 6.92 Å². The van der Waals surface area contributed by atoms with Crippen molar-refractivity contribution in [3.8, 4) is 0 Å². The molecule has 8 atom stereocenters. The average molecular weight is 487 g/mol. The molecule has 4 aliphatic rings. The van der Waals surface area contributed by atoms with Gasteiger partial charge in [-0.1, -0.05) is 57.4 Å². The Hall–Kier alpha value is -1.43. The molecule has 5 nitrogen and oxygen atoms in total. The number of aliphatic hydroxyl groups excluding tert-OH is 3. The molecular weight excluding hydrogens is 440 g/mol. The third kappa shape index (κ3) is 4.16. The second-order valence-electron chi connectivity index (χ2n) is 13.1. The molecule has 1 saturated carbocycles. The molecule has 4 rings (SSSR count). The van der Waals surface area contributed by atoms with Crippen LogP contribution in [0.4, 0.5) is 0 Å². The molecule has 0 spiro atoms. The van der Waals surface area contributed by atoms with Crippen LogP contribution in [0.25, 0.3) is 0 Å². The van der Waals surface area contributed by atoms with Gasteiger partial charge in [-0.2, -0.15) is 0 Å². The molecule has 4 N–H and O–H groups in total. The molecule has 0 aromatic carbocycles. The van der Waals surface area contributed by atoms with Gasteiger partial charge in [-0.25, -0.2) is 4.79 Å². The first-order valence-corrected chi connectivity index (χ1v) is 13.6. The summed E-state index contributed by atoms with van der Waals surface area (Å²) < 4.78 is 0. The first-order valence-electron chi connectivity index (χ1n) is 13.6. The van der Waals surface area contributed by atoms with Crippen LogP contribution in [0.1, 0.15) is 92.9 Å². The Bertz CT molecular complexity index is 958. The lowest BCUT2D eigenvalue weighted by Gasteiger charge is -2.54. The molecule has 0 heterocycles. The van der Waals surface area contributed by atoms with E-state index in [4.69, 9.17) is 5.11 Å². The maximum Gasteiger partial charge on any atom is 0.331 e. The van der Waals surface area contributed by atoms with Gasteiger partial charge in [-0.15, -0.1) is 0 Å². The number of rotatable bonds is 5. The number of carboxylic acid groups (broad SMARTS) is 1. The molecule has 0 radical (unpaired) electrons. The number of hydrogen-bond acceptors (Lipinski definition) is 4. The summed E-state index contributed by atoms with van der Waals surface area (Å²) in [5, 5.41) is 41.5. The number of carbonyl (C=O) groups is 1. The summed E-state index contributed by atoms with van der Waals surface area (Å²) in [4.78, 5) is 11.2. The van der Waals surface area contributed by atoms with Crippen molar-refractivity contribution in [3.05, 3.63) is 34.4 Å². The summed E-state index contributed by atoms with van der Waals surface area (Å²) in [5.74, 6) is -0.476. The number of allylic oxidation sites excluding steroid dienone is 3. The Balaban J connectivity index is 1.59. The minimum atomic E-state index is -1.19. The van der Waals surface area contributed by atoms with Crippen LogP contribution in [0.3, 0.4) is 0 Å². The highest BCUT2D eigenvalue weighted by Crippen LogP contribution is 2.69. The second kappa shape index (κ2) is 9.15. The molecule has 3 unspecified atom stereocenters. The fourth-order valence-corrected chi connectivity index (χ4v) is 8.56. The van der Waals surface area contributed by atoms with Crippen LogP contribution < -0.4 is 0 Å². The van der Waals surface area contributed by atoms with Crippen LogP contribution in [0.2, 0.25) is 0 Å². The minimum absolute atomic E-state index is 0.00666. The highest BCUT2D eigenvalue weighted by molar-refractivity contribution is 5.85. The Morgan fingerprint density at radius 2 is 1.77 bits per heavy atom. The number of carboxylic acids is 1. The van der Waals surface area contributed by atoms with Gasteiger partial charge in [0.15, 0.2) is 0 Å². The zero-order valence-electron chi connectivity index (χ0n) is 22.5. The van der Waals surface area contributed by atoms with Crippen LogP contribution in [0, 0.1) is 34.0 Å². The van der Waals surface area contributed by atoms with Crippen LogP contribution in [0.5, 0.6) is 0 Å². The lowest BCUT2D eigenvalue weighted by molar-refractivity contribution is -0.132. The van der Waals surface area contributed by atoms with E-state index in [0.717, 1.165) is 51.4 Å². The van der Waals surface area contributed by atoms with Gasteiger partial charge in [-0.05, 0) is 93.0 Å². The Morgan fingerprint density at radius 1 is 1.09 bits per heavy atom. The fourth-order valence-electron chi connectivity index (χ4n) is 8.56. The van der Waals surface area contributed by atoms with Crippen molar-refractivity contribution in [2.75, 3.05) is 0 Å². The molecule has 0 aromatic rings. The van der Waals surface area contributed by atoms with Crippen LogP contribution in [-0.2, 0) is 4.79 Å². The van der Waals surface area contributed by atoms with Gasteiger partial charge in [-0.3, -0.25) is 0 Å². The molecule has 0 aliphatic heterocycles. The van der Waals surface area contributed by atoms with Gasteiger partial charge in [0, 0.05) is 11.0 Å². The van der Waals surface area contributed by atoms with Crippen molar-refractivity contribution < 1.29 is 25.2 Å². The van der Waals surface area contributed by atoms with Gasteiger partial charge >= 0.3 is 5.97 Å². The van der Waals surface area contributed by atoms with E-state index in [-0.39, 0.29) is 39.8 Å². The van der Waals surface area contributed by atoms with E-state index in [0.29, 0.717) is 5.92 Å². The van der Waals surface area contributed by atoms with E-state index in [2.05, 4.69) is 33.8 Å². The highest BCUT2D eigenvalue weighted by atomic mass is 16.4. The van der Waals surface area contributed by atoms with Crippen LogP contribution in [-0.4, -0.2) is 44.7 Å². The summed E-state index contributed by atoms with van der Waals surface area (Å²) in [6, 6.07) is 0. The predicted molar refractivity (Wildman–Crippen MR) is 138 cm³/mol. The van der Waals surface area contributed by atoms with E-state index < -0.39 is 18.2 Å². The minimum Gasteiger partial charge on any atom is -0.478 e. The van der Waals surface area contributed by atoms with Gasteiger partial charge in [0.1, 0.15) is 0 Å². The van der Waals surface area contributed by atoms with Gasteiger partial charge in [0.05, 0.1) is 18.3 Å². The quantitative estimate of drug-likeness (QED) is 0.308.